The molecule has 55 heavy (non-hydrogen) atoms. The fourth-order valence-electron chi connectivity index (χ4n) is 8.88. The SMILES string of the molecule is CCOC(=O)c1ccc(N2C(=O)C3C4CC(C3C2=O)C2C4Sc3[nH]c(=O)sc3[C@@H]2c2ccc(OCC(=O)Nc3ccccc3C(F)(F)F)c(OCC)c2)cc1. The zero-order chi connectivity index (χ0) is 38.8. The van der Waals surface area contributed by atoms with Crippen LogP contribution < -0.4 is 24.6 Å². The van der Waals surface area contributed by atoms with E-state index in [9.17, 15) is 37.1 Å². The number of rotatable bonds is 10. The summed E-state index contributed by atoms with van der Waals surface area (Å²) < 4.78 is 57.2. The first-order chi connectivity index (χ1) is 26.4. The number of benzene rings is 3. The van der Waals surface area contributed by atoms with Crippen molar-refractivity contribution in [2.75, 3.05) is 30.0 Å². The van der Waals surface area contributed by atoms with E-state index in [2.05, 4.69) is 10.3 Å². The molecule has 7 atom stereocenters. The van der Waals surface area contributed by atoms with E-state index in [4.69, 9.17) is 14.2 Å². The van der Waals surface area contributed by atoms with Crippen molar-refractivity contribution in [3.63, 3.8) is 0 Å². The fourth-order valence-corrected chi connectivity index (χ4v) is 11.8. The maximum Gasteiger partial charge on any atom is 0.418 e. The van der Waals surface area contributed by atoms with Crippen LogP contribution in [0.15, 0.2) is 76.6 Å². The lowest BCUT2D eigenvalue weighted by molar-refractivity contribution is -0.137. The quantitative estimate of drug-likeness (QED) is 0.132. The Balaban J connectivity index is 1.07. The second-order valence-corrected chi connectivity index (χ2v) is 16.0. The van der Waals surface area contributed by atoms with Gasteiger partial charge < -0.3 is 24.5 Å². The number of thioether (sulfide) groups is 1. The Hall–Kier alpha value is -5.09. The second-order valence-electron chi connectivity index (χ2n) is 13.8. The van der Waals surface area contributed by atoms with Crippen LogP contribution in [0.5, 0.6) is 11.5 Å². The standard InChI is InChI=1S/C39H34F3N3O8S2/c1-3-51-26-15-19(11-14-25(26)53-17-27(46)43-24-8-6-5-7-23(24)39(40,41)42)28-29-21-16-22(32(29)54-34-33(28)55-38(50)44-34)31-30(21)35(47)45(36(31)48)20-12-9-18(10-13-20)37(49)52-4-2/h5-15,21-22,28-32H,3-4,16-17H2,1-2H3,(H,43,46)(H,44,50)/t21?,22?,28-,29?,30?,31?,32?/m1/s1. The normalized spacial score (nSPS) is 25.0. The largest absolute Gasteiger partial charge is 0.490 e. The van der Waals surface area contributed by atoms with Crippen LogP contribution in [0.3, 0.4) is 0 Å². The molecule has 1 saturated heterocycles. The van der Waals surface area contributed by atoms with Crippen LogP contribution in [0.25, 0.3) is 0 Å². The van der Waals surface area contributed by atoms with Crippen LogP contribution >= 0.6 is 23.1 Å². The van der Waals surface area contributed by atoms with E-state index < -0.39 is 42.1 Å². The van der Waals surface area contributed by atoms with Crippen molar-refractivity contribution in [2.45, 2.75) is 42.6 Å². The lowest BCUT2D eigenvalue weighted by Gasteiger charge is -2.43. The zero-order valence-electron chi connectivity index (χ0n) is 29.4. The first-order valence-electron chi connectivity index (χ1n) is 17.8. The van der Waals surface area contributed by atoms with E-state index in [1.54, 1.807) is 62.0 Å². The Morgan fingerprint density at radius 2 is 1.64 bits per heavy atom. The summed E-state index contributed by atoms with van der Waals surface area (Å²) in [4.78, 5) is 70.8. The van der Waals surface area contributed by atoms with Gasteiger partial charge in [0, 0.05) is 16.0 Å². The van der Waals surface area contributed by atoms with Gasteiger partial charge in [-0.1, -0.05) is 29.5 Å². The third kappa shape index (κ3) is 6.38. The molecule has 2 N–H and O–H groups in total. The molecule has 2 bridgehead atoms. The number of nitrogens with zero attached hydrogens (tertiary/aromatic N) is 1. The molecular weight excluding hydrogens is 760 g/mol. The van der Waals surface area contributed by atoms with Crippen LogP contribution in [0.1, 0.15) is 52.5 Å². The predicted octanol–water partition coefficient (Wildman–Crippen LogP) is 6.73. The lowest BCUT2D eigenvalue weighted by atomic mass is 9.68. The number of esters is 1. The molecule has 4 aliphatic rings. The highest BCUT2D eigenvalue weighted by Crippen LogP contribution is 2.69. The van der Waals surface area contributed by atoms with Gasteiger partial charge in [-0.15, -0.1) is 11.8 Å². The van der Waals surface area contributed by atoms with Gasteiger partial charge in [-0.2, -0.15) is 13.2 Å². The number of para-hydroxylation sites is 1. The summed E-state index contributed by atoms with van der Waals surface area (Å²) in [6.07, 6.45) is -3.99. The molecule has 3 fully saturated rings. The maximum atomic E-state index is 14.2. The highest BCUT2D eigenvalue weighted by Gasteiger charge is 2.69. The Labute approximate surface area is 320 Å². The average Bonchev–Trinajstić information content (AvgIpc) is 3.90. The molecule has 2 aliphatic carbocycles. The van der Waals surface area contributed by atoms with Crippen molar-refractivity contribution in [3.05, 3.63) is 98.0 Å². The van der Waals surface area contributed by atoms with Crippen LogP contribution in [0, 0.1) is 29.6 Å². The number of carbonyl (C=O) groups is 4. The zero-order valence-corrected chi connectivity index (χ0v) is 31.0. The van der Waals surface area contributed by atoms with Gasteiger partial charge in [0.15, 0.2) is 18.1 Å². The molecule has 2 aliphatic heterocycles. The molecule has 3 amide bonds. The number of thiazole rings is 1. The number of ether oxygens (including phenoxy) is 3. The molecule has 3 aromatic carbocycles. The molecule has 3 heterocycles. The highest BCUT2D eigenvalue weighted by molar-refractivity contribution is 8.00. The van der Waals surface area contributed by atoms with Gasteiger partial charge in [0.2, 0.25) is 11.8 Å². The van der Waals surface area contributed by atoms with E-state index in [1.807, 2.05) is 6.07 Å². The van der Waals surface area contributed by atoms with Crippen molar-refractivity contribution < 1.29 is 46.6 Å². The summed E-state index contributed by atoms with van der Waals surface area (Å²) in [5, 5.41) is 2.92. The van der Waals surface area contributed by atoms with Crippen molar-refractivity contribution in [2.24, 2.45) is 29.6 Å². The number of H-pyrrole nitrogens is 1. The number of imide groups is 1. The van der Waals surface area contributed by atoms with Gasteiger partial charge in [0.05, 0.1) is 52.6 Å². The van der Waals surface area contributed by atoms with E-state index in [-0.39, 0.29) is 70.3 Å². The summed E-state index contributed by atoms with van der Waals surface area (Å²) >= 11 is 2.66. The number of alkyl halides is 3. The number of fused-ring (bicyclic) bond motifs is 9. The van der Waals surface area contributed by atoms with E-state index in [0.717, 1.165) is 38.9 Å². The number of aromatic amines is 1. The van der Waals surface area contributed by atoms with Gasteiger partial charge >= 0.3 is 17.0 Å². The summed E-state index contributed by atoms with van der Waals surface area (Å²) in [6.45, 7) is 3.34. The van der Waals surface area contributed by atoms with Gasteiger partial charge in [-0.3, -0.25) is 24.1 Å². The summed E-state index contributed by atoms with van der Waals surface area (Å²) in [6, 6.07) is 16.1. The molecule has 0 spiro atoms. The van der Waals surface area contributed by atoms with Gasteiger partial charge in [0.25, 0.3) is 5.91 Å². The first kappa shape index (κ1) is 36.9. The Kier molecular flexibility index (Phi) is 9.52. The maximum absolute atomic E-state index is 14.2. The number of aromatic nitrogens is 1. The molecule has 0 radical (unpaired) electrons. The molecule has 16 heteroatoms. The van der Waals surface area contributed by atoms with Crippen LogP contribution in [0.4, 0.5) is 24.5 Å². The minimum atomic E-state index is -4.66. The minimum Gasteiger partial charge on any atom is -0.490 e. The third-order valence-corrected chi connectivity index (χ3v) is 13.4. The number of hydrogen-bond donors (Lipinski definition) is 2. The molecular formula is C39H34F3N3O8S2. The van der Waals surface area contributed by atoms with Crippen LogP contribution in [-0.4, -0.2) is 53.7 Å². The summed E-state index contributed by atoms with van der Waals surface area (Å²) in [5.41, 5.74) is 0.126. The summed E-state index contributed by atoms with van der Waals surface area (Å²) in [5.74, 6) is -3.16. The molecule has 11 nitrogen and oxygen atoms in total. The fraction of sp³-hybridized carbons (Fsp3) is 0.359. The predicted molar refractivity (Wildman–Crippen MR) is 197 cm³/mol. The molecule has 2 saturated carbocycles. The molecule has 6 unspecified atom stereocenters. The number of amides is 3. The van der Waals surface area contributed by atoms with E-state index in [1.165, 1.54) is 17.0 Å². The Morgan fingerprint density at radius 3 is 2.35 bits per heavy atom. The highest BCUT2D eigenvalue weighted by atomic mass is 32.2. The molecule has 286 valence electrons. The number of anilines is 2. The third-order valence-electron chi connectivity index (χ3n) is 10.9. The number of halogens is 3. The molecule has 1 aromatic heterocycles. The topological polar surface area (TPSA) is 144 Å². The number of carbonyl (C=O) groups excluding carboxylic acids is 4. The summed E-state index contributed by atoms with van der Waals surface area (Å²) in [7, 11) is 0. The molecule has 4 aromatic rings. The monoisotopic (exact) mass is 793 g/mol. The first-order valence-corrected chi connectivity index (χ1v) is 19.5. The lowest BCUT2D eigenvalue weighted by Crippen LogP contribution is -2.42. The Morgan fingerprint density at radius 1 is 0.909 bits per heavy atom. The van der Waals surface area contributed by atoms with Crippen LogP contribution in [0.2, 0.25) is 0 Å². The smallest absolute Gasteiger partial charge is 0.418 e. The molecule has 8 rings (SSSR count). The van der Waals surface area contributed by atoms with Crippen molar-refractivity contribution >= 4 is 58.2 Å². The van der Waals surface area contributed by atoms with E-state index >= 15 is 0 Å². The van der Waals surface area contributed by atoms with Crippen molar-refractivity contribution in [1.29, 1.82) is 0 Å². The minimum absolute atomic E-state index is 0.0772. The van der Waals surface area contributed by atoms with Crippen molar-refractivity contribution in [1.82, 2.24) is 4.98 Å². The number of hydrogen-bond acceptors (Lipinski definition) is 10. The second kappa shape index (κ2) is 14.2. The Bertz CT molecular complexity index is 2260. The van der Waals surface area contributed by atoms with Gasteiger partial charge in [-0.05, 0) is 92.1 Å². The number of nitrogens with one attached hydrogen (secondary N) is 2. The van der Waals surface area contributed by atoms with Crippen LogP contribution in [-0.2, 0) is 25.3 Å². The average molecular weight is 794 g/mol. The van der Waals surface area contributed by atoms with Crippen molar-refractivity contribution in [3.8, 4) is 11.5 Å². The van der Waals surface area contributed by atoms with Gasteiger partial charge in [-0.25, -0.2) is 4.79 Å². The van der Waals surface area contributed by atoms with E-state index in [0.29, 0.717) is 23.4 Å². The van der Waals surface area contributed by atoms with Gasteiger partial charge in [0.1, 0.15) is 0 Å².